The number of hydrogen-bond acceptors (Lipinski definition) is 3. The third-order valence-corrected chi connectivity index (χ3v) is 7.11. The van der Waals surface area contributed by atoms with Crippen LogP contribution in [0.25, 0.3) is 0 Å². The standard InChI is InChI=1S/C18H19IN2O3S/c1-13-8-9-14(25(23,24)21-10-4-5-11-21)12-15(13)18(22)20-17-7-3-2-6-16(17)19/h2-3,6-9,12H,4-5,10-11H2,1H3,(H,20,22). The maximum Gasteiger partial charge on any atom is 0.256 e. The van der Waals surface area contributed by atoms with Crippen LogP contribution in [-0.4, -0.2) is 31.7 Å². The molecule has 0 aliphatic carbocycles. The number of sulfonamides is 1. The van der Waals surface area contributed by atoms with E-state index in [-0.39, 0.29) is 10.8 Å². The van der Waals surface area contributed by atoms with Crippen molar-refractivity contribution in [2.75, 3.05) is 18.4 Å². The lowest BCUT2D eigenvalue weighted by atomic mass is 10.1. The number of rotatable bonds is 4. The van der Waals surface area contributed by atoms with Gasteiger partial charge in [0.25, 0.3) is 5.91 Å². The maximum atomic E-state index is 12.7. The summed E-state index contributed by atoms with van der Waals surface area (Å²) in [6, 6.07) is 12.2. The lowest BCUT2D eigenvalue weighted by molar-refractivity contribution is 0.102. The summed E-state index contributed by atoms with van der Waals surface area (Å²) in [4.78, 5) is 12.8. The molecule has 1 heterocycles. The van der Waals surface area contributed by atoms with Crippen LogP contribution in [0, 0.1) is 10.5 Å². The predicted molar refractivity (Wildman–Crippen MR) is 106 cm³/mol. The van der Waals surface area contributed by atoms with Crippen LogP contribution in [0.3, 0.4) is 0 Å². The largest absolute Gasteiger partial charge is 0.321 e. The van der Waals surface area contributed by atoms with Gasteiger partial charge in [0, 0.05) is 22.2 Å². The molecule has 0 spiro atoms. The van der Waals surface area contributed by atoms with E-state index in [4.69, 9.17) is 0 Å². The molecule has 0 aromatic heterocycles. The van der Waals surface area contributed by atoms with E-state index in [0.717, 1.165) is 22.0 Å². The first-order valence-corrected chi connectivity index (χ1v) is 10.6. The second-order valence-corrected chi connectivity index (χ2v) is 9.12. The Morgan fingerprint density at radius 1 is 1.12 bits per heavy atom. The van der Waals surface area contributed by atoms with Crippen molar-refractivity contribution in [2.45, 2.75) is 24.7 Å². The first kappa shape index (κ1) is 18.3. The Morgan fingerprint density at radius 2 is 1.80 bits per heavy atom. The third-order valence-electron chi connectivity index (χ3n) is 4.28. The number of carbonyl (C=O) groups is 1. The van der Waals surface area contributed by atoms with Gasteiger partial charge in [0.15, 0.2) is 0 Å². The summed E-state index contributed by atoms with van der Waals surface area (Å²) in [7, 11) is -3.54. The molecule has 1 aliphatic rings. The summed E-state index contributed by atoms with van der Waals surface area (Å²) < 4.78 is 27.9. The van der Waals surface area contributed by atoms with Crippen molar-refractivity contribution < 1.29 is 13.2 Å². The van der Waals surface area contributed by atoms with Crippen molar-refractivity contribution >= 4 is 44.2 Å². The second kappa shape index (κ2) is 7.43. The SMILES string of the molecule is Cc1ccc(S(=O)(=O)N2CCCC2)cc1C(=O)Nc1ccccc1I. The number of carbonyl (C=O) groups excluding carboxylic acids is 1. The van der Waals surface area contributed by atoms with E-state index in [9.17, 15) is 13.2 Å². The van der Waals surface area contributed by atoms with E-state index in [1.165, 1.54) is 10.4 Å². The zero-order valence-corrected chi connectivity index (χ0v) is 16.8. The minimum Gasteiger partial charge on any atom is -0.321 e. The van der Waals surface area contributed by atoms with Crippen LogP contribution in [0.1, 0.15) is 28.8 Å². The Balaban J connectivity index is 1.91. The monoisotopic (exact) mass is 470 g/mol. The Kier molecular flexibility index (Phi) is 5.45. The molecule has 5 nitrogen and oxygen atoms in total. The van der Waals surface area contributed by atoms with E-state index in [2.05, 4.69) is 27.9 Å². The number of amides is 1. The summed E-state index contributed by atoms with van der Waals surface area (Å²) in [6.45, 7) is 2.89. The number of hydrogen-bond donors (Lipinski definition) is 1. The van der Waals surface area contributed by atoms with Crippen molar-refractivity contribution in [1.82, 2.24) is 4.31 Å². The number of para-hydroxylation sites is 1. The van der Waals surface area contributed by atoms with Crippen LogP contribution in [0.5, 0.6) is 0 Å². The Labute approximate surface area is 161 Å². The number of aryl methyl sites for hydroxylation is 1. The smallest absolute Gasteiger partial charge is 0.256 e. The molecule has 1 aliphatic heterocycles. The molecule has 3 rings (SSSR count). The van der Waals surface area contributed by atoms with Crippen molar-refractivity contribution in [2.24, 2.45) is 0 Å². The highest BCUT2D eigenvalue weighted by atomic mass is 127. The summed E-state index contributed by atoms with van der Waals surface area (Å²) in [5, 5.41) is 2.86. The molecule has 1 fully saturated rings. The van der Waals surface area contributed by atoms with Crippen LogP contribution < -0.4 is 5.32 Å². The van der Waals surface area contributed by atoms with Crippen LogP contribution in [0.4, 0.5) is 5.69 Å². The van der Waals surface area contributed by atoms with E-state index < -0.39 is 10.0 Å². The van der Waals surface area contributed by atoms with E-state index in [0.29, 0.717) is 24.3 Å². The van der Waals surface area contributed by atoms with Crippen molar-refractivity contribution in [3.63, 3.8) is 0 Å². The molecule has 0 radical (unpaired) electrons. The maximum absolute atomic E-state index is 12.7. The Morgan fingerprint density at radius 3 is 2.48 bits per heavy atom. The molecule has 0 unspecified atom stereocenters. The van der Waals surface area contributed by atoms with Gasteiger partial charge < -0.3 is 5.32 Å². The van der Waals surface area contributed by atoms with Gasteiger partial charge in [-0.3, -0.25) is 4.79 Å². The minimum absolute atomic E-state index is 0.174. The van der Waals surface area contributed by atoms with Gasteiger partial charge in [-0.15, -0.1) is 0 Å². The van der Waals surface area contributed by atoms with Gasteiger partial charge >= 0.3 is 0 Å². The van der Waals surface area contributed by atoms with Crippen LogP contribution in [0.2, 0.25) is 0 Å². The molecule has 132 valence electrons. The topological polar surface area (TPSA) is 66.5 Å². The van der Waals surface area contributed by atoms with Gasteiger partial charge in [-0.25, -0.2) is 8.42 Å². The molecule has 2 aromatic carbocycles. The fourth-order valence-electron chi connectivity index (χ4n) is 2.84. The molecule has 7 heteroatoms. The van der Waals surface area contributed by atoms with E-state index in [1.807, 2.05) is 24.3 Å². The summed E-state index contributed by atoms with van der Waals surface area (Å²) in [5.41, 5.74) is 1.82. The number of anilines is 1. The minimum atomic E-state index is -3.54. The van der Waals surface area contributed by atoms with Gasteiger partial charge in [-0.05, 0) is 72.2 Å². The molecule has 0 atom stereocenters. The average Bonchev–Trinajstić information content (AvgIpc) is 3.12. The van der Waals surface area contributed by atoms with E-state index in [1.54, 1.807) is 19.1 Å². The fraction of sp³-hybridized carbons (Fsp3) is 0.278. The fourth-order valence-corrected chi connectivity index (χ4v) is 4.90. The van der Waals surface area contributed by atoms with Crippen LogP contribution >= 0.6 is 22.6 Å². The Hall–Kier alpha value is -1.45. The molecule has 1 N–H and O–H groups in total. The molecule has 0 bridgehead atoms. The third kappa shape index (κ3) is 3.88. The first-order valence-electron chi connectivity index (χ1n) is 8.06. The zero-order chi connectivity index (χ0) is 18.0. The molecule has 1 amide bonds. The van der Waals surface area contributed by atoms with Crippen molar-refractivity contribution in [3.8, 4) is 0 Å². The lowest BCUT2D eigenvalue weighted by Crippen LogP contribution is -2.28. The van der Waals surface area contributed by atoms with Gasteiger partial charge in [0.2, 0.25) is 10.0 Å². The highest BCUT2D eigenvalue weighted by Gasteiger charge is 2.28. The number of nitrogens with zero attached hydrogens (tertiary/aromatic N) is 1. The van der Waals surface area contributed by atoms with Gasteiger partial charge in [-0.1, -0.05) is 18.2 Å². The normalized spacial score (nSPS) is 15.3. The lowest BCUT2D eigenvalue weighted by Gasteiger charge is -2.17. The van der Waals surface area contributed by atoms with Gasteiger partial charge in [-0.2, -0.15) is 4.31 Å². The molecule has 0 saturated carbocycles. The van der Waals surface area contributed by atoms with Gasteiger partial charge in [0.1, 0.15) is 0 Å². The molecule has 25 heavy (non-hydrogen) atoms. The average molecular weight is 470 g/mol. The van der Waals surface area contributed by atoms with Crippen LogP contribution in [-0.2, 0) is 10.0 Å². The summed E-state index contributed by atoms with van der Waals surface area (Å²) in [6.07, 6.45) is 1.76. The van der Waals surface area contributed by atoms with E-state index >= 15 is 0 Å². The molecular formula is C18H19IN2O3S. The predicted octanol–water partition coefficient (Wildman–Crippen LogP) is 3.64. The number of halogens is 1. The molecule has 2 aromatic rings. The second-order valence-electron chi connectivity index (χ2n) is 6.02. The van der Waals surface area contributed by atoms with Crippen molar-refractivity contribution in [1.29, 1.82) is 0 Å². The zero-order valence-electron chi connectivity index (χ0n) is 13.8. The molecular weight excluding hydrogens is 451 g/mol. The van der Waals surface area contributed by atoms with Crippen LogP contribution in [0.15, 0.2) is 47.4 Å². The van der Waals surface area contributed by atoms with Gasteiger partial charge in [0.05, 0.1) is 10.6 Å². The van der Waals surface area contributed by atoms with Crippen molar-refractivity contribution in [3.05, 3.63) is 57.2 Å². The quantitative estimate of drug-likeness (QED) is 0.695. The highest BCUT2D eigenvalue weighted by molar-refractivity contribution is 14.1. The first-order chi connectivity index (χ1) is 11.9. The Bertz CT molecular complexity index is 906. The number of nitrogens with one attached hydrogen (secondary N) is 1. The highest BCUT2D eigenvalue weighted by Crippen LogP contribution is 2.24. The number of benzene rings is 2. The summed E-state index contributed by atoms with van der Waals surface area (Å²) in [5.74, 6) is -0.305. The summed E-state index contributed by atoms with van der Waals surface area (Å²) >= 11 is 2.15. The molecule has 1 saturated heterocycles.